The van der Waals surface area contributed by atoms with Crippen LogP contribution in [0.4, 0.5) is 0 Å². The van der Waals surface area contributed by atoms with E-state index in [1.807, 2.05) is 18.2 Å². The van der Waals surface area contributed by atoms with Crippen molar-refractivity contribution in [2.75, 3.05) is 13.7 Å². The Morgan fingerprint density at radius 1 is 1.15 bits per heavy atom. The molecule has 1 aromatic carbocycles. The third-order valence-electron chi connectivity index (χ3n) is 3.52. The molecule has 0 saturated carbocycles. The Hall–Kier alpha value is -1.58. The quantitative estimate of drug-likeness (QED) is 0.831. The van der Waals surface area contributed by atoms with Crippen LogP contribution in [0.5, 0.6) is 0 Å². The Morgan fingerprint density at radius 3 is 2.55 bits per heavy atom. The Labute approximate surface area is 121 Å². The summed E-state index contributed by atoms with van der Waals surface area (Å²) in [7, 11) is 1.68. The lowest BCUT2D eigenvalue weighted by Crippen LogP contribution is -2.25. The van der Waals surface area contributed by atoms with E-state index in [4.69, 9.17) is 9.15 Å². The number of furan rings is 1. The van der Waals surface area contributed by atoms with Gasteiger partial charge in [-0.05, 0) is 24.2 Å². The first-order chi connectivity index (χ1) is 9.76. The Bertz CT molecular complexity index is 507. The maximum absolute atomic E-state index is 5.89. The number of benzene rings is 1. The zero-order valence-electron chi connectivity index (χ0n) is 12.4. The van der Waals surface area contributed by atoms with Crippen molar-refractivity contribution in [3.05, 3.63) is 59.5 Å². The number of hydrogen-bond acceptors (Lipinski definition) is 3. The fraction of sp³-hybridized carbons (Fsp3) is 0.412. The maximum atomic E-state index is 5.89. The van der Waals surface area contributed by atoms with Gasteiger partial charge in [-0.2, -0.15) is 0 Å². The van der Waals surface area contributed by atoms with Crippen molar-refractivity contribution in [3.8, 4) is 0 Å². The van der Waals surface area contributed by atoms with Gasteiger partial charge in [0.2, 0.25) is 0 Å². The first kappa shape index (κ1) is 14.8. The van der Waals surface area contributed by atoms with E-state index in [-0.39, 0.29) is 6.04 Å². The van der Waals surface area contributed by atoms with Crippen LogP contribution in [0.3, 0.4) is 0 Å². The van der Waals surface area contributed by atoms with E-state index >= 15 is 0 Å². The molecule has 0 spiro atoms. The van der Waals surface area contributed by atoms with Gasteiger partial charge in [-0.1, -0.05) is 44.2 Å². The van der Waals surface area contributed by atoms with E-state index in [0.29, 0.717) is 12.5 Å². The van der Waals surface area contributed by atoms with E-state index in [1.54, 1.807) is 7.11 Å². The molecule has 1 aromatic heterocycles. The molecule has 20 heavy (non-hydrogen) atoms. The highest BCUT2D eigenvalue weighted by atomic mass is 16.5. The molecule has 0 aliphatic rings. The number of ether oxygens (including phenoxy) is 1. The predicted octanol–water partition coefficient (Wildman–Crippen LogP) is 3.88. The molecule has 3 nitrogen and oxygen atoms in total. The van der Waals surface area contributed by atoms with Gasteiger partial charge in [0.15, 0.2) is 0 Å². The minimum atomic E-state index is 0.174. The molecule has 3 heteroatoms. The van der Waals surface area contributed by atoms with Gasteiger partial charge in [-0.25, -0.2) is 0 Å². The van der Waals surface area contributed by atoms with Crippen molar-refractivity contribution in [2.45, 2.75) is 32.4 Å². The van der Waals surface area contributed by atoms with Crippen molar-refractivity contribution >= 4 is 0 Å². The fourth-order valence-electron chi connectivity index (χ4n) is 2.47. The zero-order valence-corrected chi connectivity index (χ0v) is 12.4. The minimum Gasteiger partial charge on any atom is -0.462 e. The Balaban J connectivity index is 2.21. The van der Waals surface area contributed by atoms with Gasteiger partial charge in [0.25, 0.3) is 0 Å². The highest BCUT2D eigenvalue weighted by Gasteiger charge is 2.22. The summed E-state index contributed by atoms with van der Waals surface area (Å²) in [5, 5.41) is 3.52. The van der Waals surface area contributed by atoms with Crippen LogP contribution in [0, 0.1) is 0 Å². The topological polar surface area (TPSA) is 34.4 Å². The molecule has 0 aliphatic heterocycles. The lowest BCUT2D eigenvalue weighted by atomic mass is 9.92. The normalized spacial score (nSPS) is 14.2. The summed E-state index contributed by atoms with van der Waals surface area (Å²) in [6, 6.07) is 14.7. The molecule has 2 aromatic rings. The molecule has 2 unspecified atom stereocenters. The predicted molar refractivity (Wildman–Crippen MR) is 80.7 cm³/mol. The molecule has 0 radical (unpaired) electrons. The fourth-order valence-corrected chi connectivity index (χ4v) is 2.47. The summed E-state index contributed by atoms with van der Waals surface area (Å²) in [5.41, 5.74) is 1.31. The summed E-state index contributed by atoms with van der Waals surface area (Å²) < 4.78 is 11.0. The Morgan fingerprint density at radius 2 is 1.90 bits per heavy atom. The van der Waals surface area contributed by atoms with Crippen LogP contribution in [0.15, 0.2) is 46.9 Å². The largest absolute Gasteiger partial charge is 0.462 e. The number of methoxy groups -OCH3 is 1. The molecule has 0 saturated heterocycles. The van der Waals surface area contributed by atoms with Crippen LogP contribution in [0.25, 0.3) is 0 Å². The van der Waals surface area contributed by atoms with Crippen molar-refractivity contribution in [3.63, 3.8) is 0 Å². The van der Waals surface area contributed by atoms with Crippen LogP contribution in [0.2, 0.25) is 0 Å². The van der Waals surface area contributed by atoms with E-state index in [2.05, 4.69) is 43.4 Å². The van der Waals surface area contributed by atoms with Crippen molar-refractivity contribution in [1.82, 2.24) is 5.32 Å². The standard InChI is InChI=1S/C17H23NO2/c1-4-18-17(13(2)14-8-6-5-7-9-14)16-11-10-15(20-16)12-19-3/h5-11,13,17-18H,4,12H2,1-3H3. The van der Waals surface area contributed by atoms with Crippen molar-refractivity contribution in [2.24, 2.45) is 0 Å². The molecular weight excluding hydrogens is 250 g/mol. The third kappa shape index (κ3) is 3.50. The molecule has 2 rings (SSSR count). The maximum Gasteiger partial charge on any atom is 0.129 e. The first-order valence-electron chi connectivity index (χ1n) is 7.12. The first-order valence-corrected chi connectivity index (χ1v) is 7.12. The van der Waals surface area contributed by atoms with Crippen molar-refractivity contribution in [1.29, 1.82) is 0 Å². The van der Waals surface area contributed by atoms with Crippen LogP contribution < -0.4 is 5.32 Å². The van der Waals surface area contributed by atoms with Gasteiger partial charge in [0.1, 0.15) is 18.1 Å². The summed E-state index contributed by atoms with van der Waals surface area (Å²) >= 11 is 0. The second-order valence-electron chi connectivity index (χ2n) is 4.97. The monoisotopic (exact) mass is 273 g/mol. The molecule has 0 fully saturated rings. The second-order valence-corrected chi connectivity index (χ2v) is 4.97. The van der Waals surface area contributed by atoms with Crippen LogP contribution >= 0.6 is 0 Å². The van der Waals surface area contributed by atoms with Crippen molar-refractivity contribution < 1.29 is 9.15 Å². The minimum absolute atomic E-state index is 0.174. The second kappa shape index (κ2) is 7.27. The van der Waals surface area contributed by atoms with E-state index in [0.717, 1.165) is 18.1 Å². The molecule has 1 N–H and O–H groups in total. The van der Waals surface area contributed by atoms with E-state index in [9.17, 15) is 0 Å². The molecule has 0 aliphatic carbocycles. The molecule has 0 bridgehead atoms. The zero-order chi connectivity index (χ0) is 14.4. The lowest BCUT2D eigenvalue weighted by Gasteiger charge is -2.23. The number of hydrogen-bond donors (Lipinski definition) is 1. The van der Waals surface area contributed by atoms with Crippen LogP contribution in [-0.2, 0) is 11.3 Å². The van der Waals surface area contributed by atoms with Gasteiger partial charge in [-0.15, -0.1) is 0 Å². The smallest absolute Gasteiger partial charge is 0.129 e. The lowest BCUT2D eigenvalue weighted by molar-refractivity contribution is 0.161. The molecule has 2 atom stereocenters. The average molecular weight is 273 g/mol. The van der Waals surface area contributed by atoms with Gasteiger partial charge in [0.05, 0.1) is 6.04 Å². The van der Waals surface area contributed by atoms with Crippen LogP contribution in [0.1, 0.15) is 42.9 Å². The van der Waals surface area contributed by atoms with Gasteiger partial charge in [-0.3, -0.25) is 0 Å². The average Bonchev–Trinajstić information content (AvgIpc) is 2.94. The Kier molecular flexibility index (Phi) is 5.39. The number of rotatable bonds is 7. The summed E-state index contributed by atoms with van der Waals surface area (Å²) in [6.07, 6.45) is 0. The van der Waals surface area contributed by atoms with Gasteiger partial charge < -0.3 is 14.5 Å². The van der Waals surface area contributed by atoms with E-state index < -0.39 is 0 Å². The molecule has 108 valence electrons. The summed E-state index contributed by atoms with van der Waals surface area (Å²) in [5.74, 6) is 2.18. The van der Waals surface area contributed by atoms with Gasteiger partial charge in [0, 0.05) is 13.0 Å². The molecular formula is C17H23NO2. The highest BCUT2D eigenvalue weighted by Crippen LogP contribution is 2.31. The highest BCUT2D eigenvalue weighted by molar-refractivity contribution is 5.24. The van der Waals surface area contributed by atoms with Gasteiger partial charge >= 0.3 is 0 Å². The SMILES string of the molecule is CCNC(c1ccc(COC)o1)C(C)c1ccccc1. The third-order valence-corrected chi connectivity index (χ3v) is 3.52. The number of nitrogens with one attached hydrogen (secondary N) is 1. The van der Waals surface area contributed by atoms with E-state index in [1.165, 1.54) is 5.56 Å². The number of likely N-dealkylation sites (N-methyl/N-ethyl adjacent to an activating group) is 1. The summed E-state index contributed by atoms with van der Waals surface area (Å²) in [6.45, 7) is 5.76. The summed E-state index contributed by atoms with van der Waals surface area (Å²) in [4.78, 5) is 0. The molecule has 1 heterocycles. The molecule has 0 amide bonds. The van der Waals surface area contributed by atoms with Crippen LogP contribution in [-0.4, -0.2) is 13.7 Å².